The van der Waals surface area contributed by atoms with Gasteiger partial charge < -0.3 is 10.1 Å². The number of benzene rings is 2. The lowest BCUT2D eigenvalue weighted by atomic mass is 10.3. The third-order valence-corrected chi connectivity index (χ3v) is 5.45. The molecule has 6 nitrogen and oxygen atoms in total. The summed E-state index contributed by atoms with van der Waals surface area (Å²) >= 11 is 13.4. The average Bonchev–Trinajstić information content (AvgIpc) is 2.60. The monoisotopic (exact) mass is 448 g/mol. The largest absolute Gasteiger partial charge is 0.484 e. The number of sulfonamides is 1. The van der Waals surface area contributed by atoms with Gasteiger partial charge in [0.2, 0.25) is 10.0 Å². The Labute approximate surface area is 172 Å². The summed E-state index contributed by atoms with van der Waals surface area (Å²) in [4.78, 5) is 12.8. The number of carbonyl (C=O) groups is 1. The van der Waals surface area contributed by atoms with Crippen molar-refractivity contribution < 1.29 is 17.9 Å². The Bertz CT molecular complexity index is 890. The summed E-state index contributed by atoms with van der Waals surface area (Å²) in [5.74, 6) is 0.896. The van der Waals surface area contributed by atoms with E-state index in [0.29, 0.717) is 33.8 Å². The molecule has 2 N–H and O–H groups in total. The van der Waals surface area contributed by atoms with Crippen LogP contribution in [0.5, 0.6) is 5.75 Å². The molecule has 0 aliphatic carbocycles. The normalized spacial score (nSPS) is 11.1. The highest BCUT2D eigenvalue weighted by Gasteiger charge is 2.05. The van der Waals surface area contributed by atoms with Crippen molar-refractivity contribution in [3.8, 4) is 5.75 Å². The van der Waals surface area contributed by atoms with Gasteiger partial charge in [0.1, 0.15) is 5.75 Å². The summed E-state index contributed by atoms with van der Waals surface area (Å²) in [5.41, 5.74) is 0.425. The van der Waals surface area contributed by atoms with Crippen molar-refractivity contribution in [1.29, 1.82) is 0 Å². The number of ether oxygens (including phenoxy) is 1. The van der Waals surface area contributed by atoms with Crippen LogP contribution in [0.15, 0.2) is 47.4 Å². The van der Waals surface area contributed by atoms with E-state index in [0.717, 1.165) is 11.2 Å². The fraction of sp³-hybridized carbons (Fsp3) is 0.235. The number of anilines is 1. The van der Waals surface area contributed by atoms with E-state index in [1.807, 2.05) is 6.07 Å². The SMILES string of the molecule is CS(=O)(=O)Nc1ccc(OCC(=O)NCCSc2ccc(Cl)c(Cl)c2)cc1. The molecule has 0 aliphatic rings. The number of hydrogen-bond donors (Lipinski definition) is 2. The van der Waals surface area contributed by atoms with Crippen LogP contribution in [0.25, 0.3) is 0 Å². The topological polar surface area (TPSA) is 84.5 Å². The molecule has 0 bridgehead atoms. The maximum Gasteiger partial charge on any atom is 0.257 e. The Morgan fingerprint density at radius 3 is 2.44 bits per heavy atom. The van der Waals surface area contributed by atoms with Gasteiger partial charge in [-0.25, -0.2) is 8.42 Å². The molecule has 0 aliphatic heterocycles. The molecule has 0 saturated carbocycles. The number of amides is 1. The van der Waals surface area contributed by atoms with Gasteiger partial charge >= 0.3 is 0 Å². The zero-order chi connectivity index (χ0) is 19.9. The molecule has 146 valence electrons. The first kappa shape index (κ1) is 21.7. The highest BCUT2D eigenvalue weighted by Crippen LogP contribution is 2.27. The molecule has 0 radical (unpaired) electrons. The molecular weight excluding hydrogens is 431 g/mol. The lowest BCUT2D eigenvalue weighted by Gasteiger charge is -2.09. The Kier molecular flexibility index (Phi) is 8.09. The number of thioether (sulfide) groups is 1. The Morgan fingerprint density at radius 2 is 1.81 bits per heavy atom. The highest BCUT2D eigenvalue weighted by molar-refractivity contribution is 7.99. The van der Waals surface area contributed by atoms with Gasteiger partial charge in [0.25, 0.3) is 5.91 Å². The third-order valence-electron chi connectivity index (χ3n) is 3.11. The third kappa shape index (κ3) is 8.30. The second-order valence-electron chi connectivity index (χ2n) is 5.46. The van der Waals surface area contributed by atoms with Crippen LogP contribution < -0.4 is 14.8 Å². The first-order valence-corrected chi connectivity index (χ1v) is 11.4. The van der Waals surface area contributed by atoms with Gasteiger partial charge in [-0.3, -0.25) is 9.52 Å². The van der Waals surface area contributed by atoms with Crippen molar-refractivity contribution in [3.05, 3.63) is 52.5 Å². The van der Waals surface area contributed by atoms with Crippen molar-refractivity contribution in [2.75, 3.05) is 29.9 Å². The molecule has 2 rings (SSSR count). The molecular formula is C17H18Cl2N2O4S2. The van der Waals surface area contributed by atoms with E-state index in [9.17, 15) is 13.2 Å². The van der Waals surface area contributed by atoms with E-state index in [1.54, 1.807) is 48.2 Å². The van der Waals surface area contributed by atoms with Crippen molar-refractivity contribution in [2.24, 2.45) is 0 Å². The van der Waals surface area contributed by atoms with Crippen molar-refractivity contribution in [1.82, 2.24) is 5.32 Å². The second kappa shape index (κ2) is 10.1. The second-order valence-corrected chi connectivity index (χ2v) is 9.19. The molecule has 0 atom stereocenters. The lowest BCUT2D eigenvalue weighted by Crippen LogP contribution is -2.30. The van der Waals surface area contributed by atoms with Crippen LogP contribution in [0, 0.1) is 0 Å². The molecule has 2 aromatic rings. The number of nitrogens with one attached hydrogen (secondary N) is 2. The standard InChI is InChI=1S/C17H18Cl2N2O4S2/c1-27(23,24)21-12-2-4-13(5-3-12)25-11-17(22)20-8-9-26-14-6-7-15(18)16(19)10-14/h2-7,10,21H,8-9,11H2,1H3,(H,20,22). The Hall–Kier alpha value is -1.61. The van der Waals surface area contributed by atoms with E-state index in [4.69, 9.17) is 27.9 Å². The van der Waals surface area contributed by atoms with Gasteiger partial charge in [0.05, 0.1) is 16.3 Å². The Morgan fingerprint density at radius 1 is 1.11 bits per heavy atom. The van der Waals surface area contributed by atoms with Gasteiger partial charge in [-0.05, 0) is 42.5 Å². The fourth-order valence-corrected chi connectivity index (χ4v) is 3.69. The van der Waals surface area contributed by atoms with Gasteiger partial charge in [-0.2, -0.15) is 0 Å². The smallest absolute Gasteiger partial charge is 0.257 e. The van der Waals surface area contributed by atoms with Crippen molar-refractivity contribution >= 4 is 56.6 Å². The summed E-state index contributed by atoms with van der Waals surface area (Å²) in [6.07, 6.45) is 1.07. The molecule has 0 heterocycles. The first-order valence-electron chi connectivity index (χ1n) is 7.78. The quantitative estimate of drug-likeness (QED) is 0.451. The number of rotatable bonds is 9. The summed E-state index contributed by atoms with van der Waals surface area (Å²) in [6.45, 7) is 0.348. The van der Waals surface area contributed by atoms with Crippen LogP contribution in [0.1, 0.15) is 0 Å². The number of hydrogen-bond acceptors (Lipinski definition) is 5. The predicted molar refractivity (Wildman–Crippen MR) is 111 cm³/mol. The highest BCUT2D eigenvalue weighted by atomic mass is 35.5. The molecule has 0 spiro atoms. The first-order chi connectivity index (χ1) is 12.7. The molecule has 10 heteroatoms. The zero-order valence-electron chi connectivity index (χ0n) is 14.4. The minimum Gasteiger partial charge on any atom is -0.484 e. The van der Waals surface area contributed by atoms with Crippen LogP contribution in [-0.4, -0.2) is 39.5 Å². The number of carbonyl (C=O) groups excluding carboxylic acids is 1. The van der Waals surface area contributed by atoms with E-state index in [1.165, 1.54) is 0 Å². The molecule has 2 aromatic carbocycles. The molecule has 0 aromatic heterocycles. The van der Waals surface area contributed by atoms with Gasteiger partial charge in [-0.1, -0.05) is 23.2 Å². The summed E-state index contributed by atoms with van der Waals surface area (Å²) in [6, 6.07) is 11.7. The van der Waals surface area contributed by atoms with Gasteiger partial charge in [-0.15, -0.1) is 11.8 Å². The van der Waals surface area contributed by atoms with Crippen molar-refractivity contribution in [3.63, 3.8) is 0 Å². The van der Waals surface area contributed by atoms with Gasteiger partial charge in [0, 0.05) is 22.9 Å². The Balaban J connectivity index is 1.67. The van der Waals surface area contributed by atoms with Crippen molar-refractivity contribution in [2.45, 2.75) is 4.90 Å². The number of halogens is 2. The average molecular weight is 449 g/mol. The molecule has 0 fully saturated rings. The molecule has 1 amide bonds. The van der Waals surface area contributed by atoms with Crippen LogP contribution in [0.3, 0.4) is 0 Å². The minimum atomic E-state index is -3.32. The molecule has 27 heavy (non-hydrogen) atoms. The van der Waals surface area contributed by atoms with E-state index in [2.05, 4.69) is 10.0 Å². The predicted octanol–water partition coefficient (Wildman–Crippen LogP) is 3.65. The minimum absolute atomic E-state index is 0.129. The summed E-state index contributed by atoms with van der Waals surface area (Å²) < 4.78 is 30.0. The van der Waals surface area contributed by atoms with E-state index in [-0.39, 0.29) is 12.5 Å². The summed E-state index contributed by atoms with van der Waals surface area (Å²) in [5, 5.41) is 3.76. The lowest BCUT2D eigenvalue weighted by molar-refractivity contribution is -0.122. The van der Waals surface area contributed by atoms with Gasteiger partial charge in [0.15, 0.2) is 6.61 Å². The zero-order valence-corrected chi connectivity index (χ0v) is 17.5. The van der Waals surface area contributed by atoms with Crippen LogP contribution in [0.4, 0.5) is 5.69 Å². The van der Waals surface area contributed by atoms with E-state index < -0.39 is 10.0 Å². The summed E-state index contributed by atoms with van der Waals surface area (Å²) in [7, 11) is -3.32. The van der Waals surface area contributed by atoms with Crippen LogP contribution >= 0.6 is 35.0 Å². The molecule has 0 unspecified atom stereocenters. The van der Waals surface area contributed by atoms with Crippen LogP contribution in [-0.2, 0) is 14.8 Å². The maximum atomic E-state index is 11.8. The molecule has 0 saturated heterocycles. The maximum absolute atomic E-state index is 11.8. The fourth-order valence-electron chi connectivity index (χ4n) is 1.96. The van der Waals surface area contributed by atoms with E-state index >= 15 is 0 Å². The van der Waals surface area contributed by atoms with Crippen LogP contribution in [0.2, 0.25) is 10.0 Å².